The van der Waals surface area contributed by atoms with Gasteiger partial charge in [-0.2, -0.15) is 0 Å². The zero-order chi connectivity index (χ0) is 16.5. The number of anilines is 1. The minimum absolute atomic E-state index is 0.0319. The lowest BCUT2D eigenvalue weighted by Crippen LogP contribution is -2.46. The zero-order valence-corrected chi connectivity index (χ0v) is 12.5. The van der Waals surface area contributed by atoms with E-state index in [9.17, 15) is 22.4 Å². The number of aliphatic carboxylic acids is 1. The Hall–Kier alpha value is -2.16. The van der Waals surface area contributed by atoms with Gasteiger partial charge in [0.15, 0.2) is 0 Å². The van der Waals surface area contributed by atoms with Crippen LogP contribution in [0.1, 0.15) is 23.2 Å². The lowest BCUT2D eigenvalue weighted by molar-refractivity contribution is -0.145. The lowest BCUT2D eigenvalue weighted by atomic mass is 9.80. The van der Waals surface area contributed by atoms with Crippen molar-refractivity contribution in [3.8, 4) is 0 Å². The van der Waals surface area contributed by atoms with E-state index in [2.05, 4.69) is 10.0 Å². The van der Waals surface area contributed by atoms with Crippen molar-refractivity contribution in [3.63, 3.8) is 0 Å². The molecule has 0 radical (unpaired) electrons. The minimum Gasteiger partial charge on any atom is -0.481 e. The van der Waals surface area contributed by atoms with Crippen LogP contribution in [0.5, 0.6) is 0 Å². The molecule has 1 amide bonds. The number of nitrogens with one attached hydrogen (secondary N) is 2. The highest BCUT2D eigenvalue weighted by atomic mass is 32.2. The van der Waals surface area contributed by atoms with Gasteiger partial charge in [0.05, 0.1) is 23.4 Å². The van der Waals surface area contributed by atoms with Gasteiger partial charge in [-0.05, 0) is 31.0 Å². The number of rotatable bonds is 5. The van der Waals surface area contributed by atoms with E-state index < -0.39 is 33.6 Å². The number of carbonyl (C=O) groups excluding carboxylic acids is 1. The molecule has 1 fully saturated rings. The molecule has 1 saturated carbocycles. The average Bonchev–Trinajstić information content (AvgIpc) is 2.33. The van der Waals surface area contributed by atoms with Crippen LogP contribution in [0.15, 0.2) is 18.2 Å². The average molecular weight is 330 g/mol. The molecule has 7 nitrogen and oxygen atoms in total. The van der Waals surface area contributed by atoms with E-state index in [4.69, 9.17) is 5.11 Å². The van der Waals surface area contributed by atoms with Crippen molar-refractivity contribution in [2.75, 3.05) is 11.0 Å². The molecule has 0 spiro atoms. The van der Waals surface area contributed by atoms with Crippen molar-refractivity contribution in [2.24, 2.45) is 5.92 Å². The third-order valence-electron chi connectivity index (χ3n) is 3.34. The molecule has 120 valence electrons. The maximum Gasteiger partial charge on any atom is 0.306 e. The highest BCUT2D eigenvalue weighted by Gasteiger charge is 2.35. The first-order valence-electron chi connectivity index (χ1n) is 6.46. The van der Waals surface area contributed by atoms with E-state index in [1.807, 2.05) is 0 Å². The summed E-state index contributed by atoms with van der Waals surface area (Å²) < 4.78 is 38.0. The molecule has 1 aliphatic carbocycles. The molecule has 0 saturated heterocycles. The lowest BCUT2D eigenvalue weighted by Gasteiger charge is -2.33. The molecule has 0 heterocycles. The predicted octanol–water partition coefficient (Wildman–Crippen LogP) is 0.790. The second-order valence-electron chi connectivity index (χ2n) is 5.24. The van der Waals surface area contributed by atoms with E-state index in [-0.39, 0.29) is 17.3 Å². The summed E-state index contributed by atoms with van der Waals surface area (Å²) in [4.78, 5) is 22.8. The molecular weight excluding hydrogens is 315 g/mol. The Labute approximate surface area is 126 Å². The molecule has 0 atom stereocenters. The van der Waals surface area contributed by atoms with Crippen LogP contribution in [0.4, 0.5) is 10.1 Å². The topological polar surface area (TPSA) is 113 Å². The fourth-order valence-electron chi connectivity index (χ4n) is 2.19. The van der Waals surface area contributed by atoms with Crippen LogP contribution in [-0.4, -0.2) is 37.7 Å². The Morgan fingerprint density at radius 1 is 1.32 bits per heavy atom. The van der Waals surface area contributed by atoms with E-state index in [1.54, 1.807) is 0 Å². The summed E-state index contributed by atoms with van der Waals surface area (Å²) in [5.41, 5.74) is -0.181. The Bertz CT molecular complexity index is 713. The number of carbonyl (C=O) groups is 2. The zero-order valence-electron chi connectivity index (χ0n) is 11.7. The first-order valence-corrected chi connectivity index (χ1v) is 8.36. The minimum atomic E-state index is -3.62. The van der Waals surface area contributed by atoms with Gasteiger partial charge in [-0.25, -0.2) is 12.8 Å². The first kappa shape index (κ1) is 16.2. The van der Waals surface area contributed by atoms with E-state index >= 15 is 0 Å². The van der Waals surface area contributed by atoms with Crippen molar-refractivity contribution >= 4 is 27.6 Å². The fourth-order valence-corrected chi connectivity index (χ4v) is 2.77. The fraction of sp³-hybridized carbons (Fsp3) is 0.385. The predicted molar refractivity (Wildman–Crippen MR) is 76.5 cm³/mol. The molecule has 0 aromatic heterocycles. The highest BCUT2D eigenvalue weighted by Crippen LogP contribution is 2.28. The summed E-state index contributed by atoms with van der Waals surface area (Å²) in [6.45, 7) is 0. The van der Waals surface area contributed by atoms with Crippen molar-refractivity contribution < 1.29 is 27.5 Å². The Morgan fingerprint density at radius 3 is 2.50 bits per heavy atom. The van der Waals surface area contributed by atoms with Gasteiger partial charge in [0, 0.05) is 6.04 Å². The van der Waals surface area contributed by atoms with E-state index in [1.165, 1.54) is 0 Å². The summed E-state index contributed by atoms with van der Waals surface area (Å²) in [5, 5.41) is 11.3. The summed E-state index contributed by atoms with van der Waals surface area (Å²) in [7, 11) is -3.62. The number of carboxylic acid groups (broad SMARTS) is 1. The van der Waals surface area contributed by atoms with Crippen molar-refractivity contribution in [3.05, 3.63) is 29.6 Å². The van der Waals surface area contributed by atoms with Gasteiger partial charge >= 0.3 is 5.97 Å². The van der Waals surface area contributed by atoms with Gasteiger partial charge < -0.3 is 10.4 Å². The number of hydrogen-bond acceptors (Lipinski definition) is 4. The Morgan fingerprint density at radius 2 is 1.95 bits per heavy atom. The van der Waals surface area contributed by atoms with E-state index in [0.29, 0.717) is 12.8 Å². The van der Waals surface area contributed by atoms with Crippen LogP contribution in [0, 0.1) is 11.7 Å². The van der Waals surface area contributed by atoms with Gasteiger partial charge in [0.2, 0.25) is 10.0 Å². The van der Waals surface area contributed by atoms with E-state index in [0.717, 1.165) is 24.5 Å². The van der Waals surface area contributed by atoms with Crippen LogP contribution >= 0.6 is 0 Å². The largest absolute Gasteiger partial charge is 0.481 e. The summed E-state index contributed by atoms with van der Waals surface area (Å²) in [6.07, 6.45) is 1.51. The third kappa shape index (κ3) is 3.94. The molecule has 22 heavy (non-hydrogen) atoms. The number of sulfonamides is 1. The number of hydrogen-bond donors (Lipinski definition) is 3. The summed E-state index contributed by atoms with van der Waals surface area (Å²) >= 11 is 0. The SMILES string of the molecule is CS(=O)(=O)Nc1ccc(F)cc1C(=O)NC1CC(C(=O)O)C1. The Kier molecular flexibility index (Phi) is 4.36. The van der Waals surface area contributed by atoms with Gasteiger partial charge in [0.1, 0.15) is 5.82 Å². The van der Waals surface area contributed by atoms with Crippen molar-refractivity contribution in [2.45, 2.75) is 18.9 Å². The van der Waals surface area contributed by atoms with Crippen LogP contribution in [0.25, 0.3) is 0 Å². The number of carboxylic acids is 1. The van der Waals surface area contributed by atoms with Crippen molar-refractivity contribution in [1.29, 1.82) is 0 Å². The normalized spacial score (nSPS) is 20.8. The van der Waals surface area contributed by atoms with Crippen molar-refractivity contribution in [1.82, 2.24) is 5.32 Å². The molecular formula is C13H15FN2O5S. The number of benzene rings is 1. The van der Waals surface area contributed by atoms with Gasteiger partial charge in [-0.3, -0.25) is 14.3 Å². The second kappa shape index (κ2) is 5.91. The summed E-state index contributed by atoms with van der Waals surface area (Å²) in [6, 6.07) is 2.80. The third-order valence-corrected chi connectivity index (χ3v) is 3.93. The molecule has 0 aliphatic heterocycles. The maximum absolute atomic E-state index is 13.3. The van der Waals surface area contributed by atoms with Crippen LogP contribution in [0.3, 0.4) is 0 Å². The maximum atomic E-state index is 13.3. The van der Waals surface area contributed by atoms with Crippen LogP contribution in [0.2, 0.25) is 0 Å². The number of amides is 1. The van der Waals surface area contributed by atoms with Gasteiger partial charge in [-0.1, -0.05) is 0 Å². The first-order chi connectivity index (χ1) is 10.2. The summed E-state index contributed by atoms with van der Waals surface area (Å²) in [5.74, 6) is -2.75. The molecule has 3 N–H and O–H groups in total. The molecule has 1 aliphatic rings. The highest BCUT2D eigenvalue weighted by molar-refractivity contribution is 7.92. The molecule has 1 aromatic carbocycles. The smallest absolute Gasteiger partial charge is 0.306 e. The molecule has 0 unspecified atom stereocenters. The molecule has 9 heteroatoms. The van der Waals surface area contributed by atoms with Crippen LogP contribution < -0.4 is 10.0 Å². The van der Waals surface area contributed by atoms with Gasteiger partial charge in [0.25, 0.3) is 5.91 Å². The van der Waals surface area contributed by atoms with Crippen LogP contribution in [-0.2, 0) is 14.8 Å². The number of halogens is 1. The molecule has 1 aromatic rings. The van der Waals surface area contributed by atoms with Gasteiger partial charge in [-0.15, -0.1) is 0 Å². The Balaban J connectivity index is 2.12. The standard InChI is InChI=1S/C13H15FN2O5S/c1-22(20,21)16-11-3-2-8(14)6-10(11)12(17)15-9-4-7(5-9)13(18)19/h2-3,6-7,9,16H,4-5H2,1H3,(H,15,17)(H,18,19). The molecule has 0 bridgehead atoms. The quantitative estimate of drug-likeness (QED) is 0.739. The molecule has 2 rings (SSSR count). The second-order valence-corrected chi connectivity index (χ2v) is 6.99. The monoisotopic (exact) mass is 330 g/mol.